The highest BCUT2D eigenvalue weighted by Gasteiger charge is 2.25. The van der Waals surface area contributed by atoms with Crippen LogP contribution in [0.15, 0.2) is 6.20 Å². The molecule has 1 aliphatic rings. The minimum atomic E-state index is 0.231. The van der Waals surface area contributed by atoms with E-state index >= 15 is 0 Å². The Morgan fingerprint density at radius 3 is 3.05 bits per heavy atom. The van der Waals surface area contributed by atoms with Crippen molar-refractivity contribution >= 4 is 11.6 Å². The number of hydrogen-bond acceptors (Lipinski definition) is 3. The minimum Gasteiger partial charge on any atom is -0.378 e. The van der Waals surface area contributed by atoms with E-state index in [1.807, 2.05) is 4.68 Å². The van der Waals surface area contributed by atoms with Crippen molar-refractivity contribution < 1.29 is 4.74 Å². The number of halogens is 1. The molecule has 19 heavy (non-hydrogen) atoms. The van der Waals surface area contributed by atoms with Crippen LogP contribution in [-0.2, 0) is 11.3 Å². The van der Waals surface area contributed by atoms with E-state index in [1.165, 1.54) is 6.42 Å². The van der Waals surface area contributed by atoms with E-state index in [-0.39, 0.29) is 6.04 Å². The first-order valence-electron chi connectivity index (χ1n) is 7.32. The Labute approximate surface area is 120 Å². The van der Waals surface area contributed by atoms with Crippen LogP contribution in [0.4, 0.5) is 0 Å². The molecule has 1 N–H and O–H groups in total. The Bertz CT molecular complexity index is 388. The van der Waals surface area contributed by atoms with Gasteiger partial charge >= 0.3 is 0 Å². The SMILES string of the molecule is CCCn1ncc(Cl)c1C(CC1CCCO1)NCC. The van der Waals surface area contributed by atoms with Crippen molar-refractivity contribution in [2.75, 3.05) is 13.2 Å². The molecular weight excluding hydrogens is 262 g/mol. The number of aryl methyl sites for hydroxylation is 1. The molecular formula is C14H24ClN3O. The summed E-state index contributed by atoms with van der Waals surface area (Å²) in [5.41, 5.74) is 1.11. The van der Waals surface area contributed by atoms with Crippen LogP contribution in [0.2, 0.25) is 5.02 Å². The molecule has 0 amide bonds. The van der Waals surface area contributed by atoms with Gasteiger partial charge in [0.05, 0.1) is 29.1 Å². The predicted molar refractivity (Wildman–Crippen MR) is 77.5 cm³/mol. The second-order valence-corrected chi connectivity index (χ2v) is 5.49. The summed E-state index contributed by atoms with van der Waals surface area (Å²) in [6.45, 7) is 7.00. The summed E-state index contributed by atoms with van der Waals surface area (Å²) >= 11 is 6.33. The molecule has 2 unspecified atom stereocenters. The van der Waals surface area contributed by atoms with E-state index in [0.29, 0.717) is 6.10 Å². The summed E-state index contributed by atoms with van der Waals surface area (Å²) in [6, 6.07) is 0.231. The molecule has 0 aliphatic carbocycles. The zero-order valence-electron chi connectivity index (χ0n) is 11.9. The Kier molecular flexibility index (Phi) is 5.67. The molecule has 5 heteroatoms. The Morgan fingerprint density at radius 1 is 1.58 bits per heavy atom. The average Bonchev–Trinajstić information content (AvgIpc) is 3.00. The lowest BCUT2D eigenvalue weighted by atomic mass is 10.0. The second-order valence-electron chi connectivity index (χ2n) is 5.08. The molecule has 2 rings (SSSR count). The summed E-state index contributed by atoms with van der Waals surface area (Å²) < 4.78 is 7.79. The maximum Gasteiger partial charge on any atom is 0.0834 e. The molecule has 0 bridgehead atoms. The predicted octanol–water partition coefficient (Wildman–Crippen LogP) is 3.17. The molecule has 0 saturated carbocycles. The van der Waals surface area contributed by atoms with Gasteiger partial charge in [-0.1, -0.05) is 25.4 Å². The zero-order chi connectivity index (χ0) is 13.7. The average molecular weight is 286 g/mol. The van der Waals surface area contributed by atoms with Crippen molar-refractivity contribution in [3.05, 3.63) is 16.9 Å². The lowest BCUT2D eigenvalue weighted by Gasteiger charge is -2.22. The van der Waals surface area contributed by atoms with E-state index in [1.54, 1.807) is 6.20 Å². The number of nitrogens with zero attached hydrogens (tertiary/aromatic N) is 2. The van der Waals surface area contributed by atoms with Gasteiger partial charge in [0.2, 0.25) is 0 Å². The number of aromatic nitrogens is 2. The maximum atomic E-state index is 6.33. The van der Waals surface area contributed by atoms with Gasteiger partial charge in [-0.3, -0.25) is 4.68 Å². The van der Waals surface area contributed by atoms with Crippen LogP contribution >= 0.6 is 11.6 Å². The van der Waals surface area contributed by atoms with Crippen molar-refractivity contribution in [1.82, 2.24) is 15.1 Å². The topological polar surface area (TPSA) is 39.1 Å². The molecule has 108 valence electrons. The van der Waals surface area contributed by atoms with Crippen LogP contribution in [0.1, 0.15) is 51.3 Å². The van der Waals surface area contributed by atoms with Crippen LogP contribution in [0, 0.1) is 0 Å². The summed E-state index contributed by atoms with van der Waals surface area (Å²) in [5.74, 6) is 0. The third-order valence-corrected chi connectivity index (χ3v) is 3.86. The van der Waals surface area contributed by atoms with Gasteiger partial charge in [0.25, 0.3) is 0 Å². The van der Waals surface area contributed by atoms with Crippen molar-refractivity contribution in [3.8, 4) is 0 Å². The van der Waals surface area contributed by atoms with Crippen molar-refractivity contribution in [1.29, 1.82) is 0 Å². The third-order valence-electron chi connectivity index (χ3n) is 3.57. The van der Waals surface area contributed by atoms with Crippen molar-refractivity contribution in [2.24, 2.45) is 0 Å². The monoisotopic (exact) mass is 285 g/mol. The van der Waals surface area contributed by atoms with Gasteiger partial charge in [0, 0.05) is 13.2 Å². The van der Waals surface area contributed by atoms with Crippen LogP contribution in [0.5, 0.6) is 0 Å². The molecule has 0 spiro atoms. The quantitative estimate of drug-likeness (QED) is 0.836. The van der Waals surface area contributed by atoms with E-state index in [2.05, 4.69) is 24.3 Å². The molecule has 1 fully saturated rings. The third kappa shape index (κ3) is 3.71. The zero-order valence-corrected chi connectivity index (χ0v) is 12.6. The molecule has 2 atom stereocenters. The summed E-state index contributed by atoms with van der Waals surface area (Å²) in [6.07, 6.45) is 6.47. The van der Waals surface area contributed by atoms with Gasteiger partial charge < -0.3 is 10.1 Å². The fourth-order valence-corrected chi connectivity index (χ4v) is 3.01. The number of rotatable bonds is 7. The van der Waals surface area contributed by atoms with Gasteiger partial charge in [-0.05, 0) is 32.2 Å². The fraction of sp³-hybridized carbons (Fsp3) is 0.786. The van der Waals surface area contributed by atoms with Gasteiger partial charge in [-0.25, -0.2) is 0 Å². The molecule has 1 aromatic heterocycles. The summed E-state index contributed by atoms with van der Waals surface area (Å²) in [4.78, 5) is 0. The van der Waals surface area contributed by atoms with Gasteiger partial charge in [0.1, 0.15) is 0 Å². The van der Waals surface area contributed by atoms with Crippen molar-refractivity contribution in [2.45, 2.75) is 58.2 Å². The fourth-order valence-electron chi connectivity index (χ4n) is 2.74. The minimum absolute atomic E-state index is 0.231. The Hall–Kier alpha value is -0.580. The largest absolute Gasteiger partial charge is 0.378 e. The first kappa shape index (κ1) is 14.8. The molecule has 1 aromatic rings. The highest BCUT2D eigenvalue weighted by Crippen LogP contribution is 2.29. The smallest absolute Gasteiger partial charge is 0.0834 e. The van der Waals surface area contributed by atoms with Gasteiger partial charge in [-0.2, -0.15) is 5.10 Å². The molecule has 0 aromatic carbocycles. The lowest BCUT2D eigenvalue weighted by molar-refractivity contribution is 0.0938. The standard InChI is InChI=1S/C14H24ClN3O/c1-3-7-18-14(12(15)10-17-18)13(16-4-2)9-11-6-5-8-19-11/h10-11,13,16H,3-9H2,1-2H3. The van der Waals surface area contributed by atoms with Gasteiger partial charge in [-0.15, -0.1) is 0 Å². The summed E-state index contributed by atoms with van der Waals surface area (Å²) in [7, 11) is 0. The number of ether oxygens (including phenoxy) is 1. The highest BCUT2D eigenvalue weighted by molar-refractivity contribution is 6.31. The molecule has 0 radical (unpaired) electrons. The Morgan fingerprint density at radius 2 is 2.42 bits per heavy atom. The maximum absolute atomic E-state index is 6.33. The molecule has 2 heterocycles. The first-order valence-corrected chi connectivity index (χ1v) is 7.70. The van der Waals surface area contributed by atoms with E-state index in [0.717, 1.165) is 49.7 Å². The van der Waals surface area contributed by atoms with Crippen molar-refractivity contribution in [3.63, 3.8) is 0 Å². The van der Waals surface area contributed by atoms with Crippen LogP contribution in [0.25, 0.3) is 0 Å². The highest BCUT2D eigenvalue weighted by atomic mass is 35.5. The van der Waals surface area contributed by atoms with Crippen LogP contribution in [0.3, 0.4) is 0 Å². The molecule has 1 saturated heterocycles. The van der Waals surface area contributed by atoms with E-state index in [4.69, 9.17) is 16.3 Å². The first-order chi connectivity index (χ1) is 9.26. The van der Waals surface area contributed by atoms with E-state index < -0.39 is 0 Å². The molecule has 1 aliphatic heterocycles. The van der Waals surface area contributed by atoms with Gasteiger partial charge in [0.15, 0.2) is 0 Å². The van der Waals surface area contributed by atoms with Crippen LogP contribution in [-0.4, -0.2) is 29.0 Å². The Balaban J connectivity index is 2.14. The lowest BCUT2D eigenvalue weighted by Crippen LogP contribution is -2.28. The van der Waals surface area contributed by atoms with Crippen LogP contribution < -0.4 is 5.32 Å². The second kappa shape index (κ2) is 7.27. The molecule has 4 nitrogen and oxygen atoms in total. The normalized spacial score (nSPS) is 20.9. The number of hydrogen-bond donors (Lipinski definition) is 1. The number of nitrogens with one attached hydrogen (secondary N) is 1. The summed E-state index contributed by atoms with van der Waals surface area (Å²) in [5, 5.41) is 8.67. The van der Waals surface area contributed by atoms with E-state index in [9.17, 15) is 0 Å².